The van der Waals surface area contributed by atoms with E-state index in [4.69, 9.17) is 14.2 Å². The Hall–Kier alpha value is -4.53. The normalized spacial score (nSPS) is 16.3. The van der Waals surface area contributed by atoms with Gasteiger partial charge in [0.15, 0.2) is 0 Å². The molecule has 11 nitrogen and oxygen atoms in total. The Bertz CT molecular complexity index is 1320. The molecule has 4 rings (SSSR count). The maximum Gasteiger partial charge on any atom is 0.407 e. The lowest BCUT2D eigenvalue weighted by Crippen LogP contribution is -2.54. The van der Waals surface area contributed by atoms with Crippen molar-refractivity contribution in [2.75, 3.05) is 33.0 Å². The van der Waals surface area contributed by atoms with E-state index in [2.05, 4.69) is 22.5 Å². The first-order chi connectivity index (χ1) is 19.0. The van der Waals surface area contributed by atoms with Crippen LogP contribution in [0.4, 0.5) is 4.79 Å². The molecule has 0 aromatic heterocycles. The molecule has 2 aliphatic rings. The van der Waals surface area contributed by atoms with Crippen LogP contribution in [-0.2, 0) is 30.4 Å². The van der Waals surface area contributed by atoms with Crippen LogP contribution in [0.1, 0.15) is 44.7 Å². The summed E-state index contributed by atoms with van der Waals surface area (Å²) in [7, 11) is 0. The molecular weight excluding hydrogens is 506 g/mol. The van der Waals surface area contributed by atoms with Gasteiger partial charge in [0.1, 0.15) is 19.3 Å². The molecule has 0 spiro atoms. The third-order valence-electron chi connectivity index (χ3n) is 5.97. The smallest absolute Gasteiger partial charge is 0.407 e. The lowest BCUT2D eigenvalue weighted by Gasteiger charge is -2.27. The number of nitrogens with zero attached hydrogens (tertiary/aromatic N) is 1. The number of piperidine rings is 1. The Morgan fingerprint density at radius 3 is 2.56 bits per heavy atom. The van der Waals surface area contributed by atoms with E-state index >= 15 is 0 Å². The summed E-state index contributed by atoms with van der Waals surface area (Å²) in [4.78, 5) is 62.1. The maximum atomic E-state index is 13.0. The minimum atomic E-state index is -1.03. The fraction of sp³-hybridized carbons (Fsp3) is 0.321. The number of hydrogen-bond acceptors (Lipinski definition) is 8. The SMILES string of the molecule is O=C1CCC(N2C(=O)c3cccc(C#CCOCCOCCNC(=O)OCc4ccccc4)c3C2=O)C(=O)N1. The van der Waals surface area contributed by atoms with E-state index in [9.17, 15) is 24.0 Å². The highest BCUT2D eigenvalue weighted by Crippen LogP contribution is 2.29. The van der Waals surface area contributed by atoms with Crippen LogP contribution in [0.15, 0.2) is 48.5 Å². The number of alkyl carbamates (subject to hydrolysis) is 1. The molecule has 2 heterocycles. The van der Waals surface area contributed by atoms with Crippen molar-refractivity contribution < 1.29 is 38.2 Å². The van der Waals surface area contributed by atoms with Gasteiger partial charge in [0.2, 0.25) is 11.8 Å². The van der Waals surface area contributed by atoms with Crippen LogP contribution in [0.2, 0.25) is 0 Å². The molecule has 1 unspecified atom stereocenters. The quantitative estimate of drug-likeness (QED) is 0.265. The van der Waals surface area contributed by atoms with Crippen LogP contribution in [0.3, 0.4) is 0 Å². The van der Waals surface area contributed by atoms with Crippen LogP contribution in [0, 0.1) is 11.8 Å². The molecule has 5 amide bonds. The molecule has 2 aromatic rings. The molecule has 2 aliphatic heterocycles. The van der Waals surface area contributed by atoms with Crippen molar-refractivity contribution >= 4 is 29.7 Å². The summed E-state index contributed by atoms with van der Waals surface area (Å²) in [6.45, 7) is 1.38. The van der Waals surface area contributed by atoms with Crippen LogP contribution >= 0.6 is 0 Å². The average Bonchev–Trinajstić information content (AvgIpc) is 3.19. The Labute approximate surface area is 224 Å². The standard InChI is InChI=1S/C28H27N3O8/c32-23-12-11-22(25(33)30-23)31-26(34)21-10-4-8-20(24(21)27(31)35)9-5-14-37-16-17-38-15-13-29-28(36)39-18-19-6-2-1-3-7-19/h1-4,6-8,10,22H,11-18H2,(H,29,36)(H,30,32,33). The van der Waals surface area contributed by atoms with Gasteiger partial charge in [-0.1, -0.05) is 48.2 Å². The number of hydrogen-bond donors (Lipinski definition) is 2. The first-order valence-corrected chi connectivity index (χ1v) is 12.4. The molecule has 202 valence electrons. The Kier molecular flexibility index (Phi) is 9.39. The molecule has 11 heteroatoms. The van der Waals surface area contributed by atoms with Gasteiger partial charge in [-0.25, -0.2) is 4.79 Å². The molecule has 0 aliphatic carbocycles. The summed E-state index contributed by atoms with van der Waals surface area (Å²) >= 11 is 0. The van der Waals surface area contributed by atoms with E-state index in [1.807, 2.05) is 30.3 Å². The minimum Gasteiger partial charge on any atom is -0.445 e. The van der Waals surface area contributed by atoms with Crippen molar-refractivity contribution in [2.45, 2.75) is 25.5 Å². The van der Waals surface area contributed by atoms with Gasteiger partial charge >= 0.3 is 6.09 Å². The zero-order valence-electron chi connectivity index (χ0n) is 21.1. The summed E-state index contributed by atoms with van der Waals surface area (Å²) in [5.41, 5.74) is 1.56. The first-order valence-electron chi connectivity index (χ1n) is 12.4. The lowest BCUT2D eigenvalue weighted by atomic mass is 10.0. The predicted octanol–water partition coefficient (Wildman–Crippen LogP) is 1.40. The predicted molar refractivity (Wildman–Crippen MR) is 136 cm³/mol. The van der Waals surface area contributed by atoms with Crippen LogP contribution < -0.4 is 10.6 Å². The van der Waals surface area contributed by atoms with Crippen molar-refractivity contribution in [2.24, 2.45) is 0 Å². The highest BCUT2D eigenvalue weighted by molar-refractivity contribution is 6.24. The molecule has 2 aromatic carbocycles. The topological polar surface area (TPSA) is 140 Å². The first kappa shape index (κ1) is 27.5. The molecular formula is C28H27N3O8. The van der Waals surface area contributed by atoms with E-state index in [0.717, 1.165) is 10.5 Å². The molecule has 1 fully saturated rings. The maximum absolute atomic E-state index is 13.0. The largest absolute Gasteiger partial charge is 0.445 e. The van der Waals surface area contributed by atoms with E-state index in [-0.39, 0.29) is 63.5 Å². The van der Waals surface area contributed by atoms with E-state index < -0.39 is 35.8 Å². The van der Waals surface area contributed by atoms with Crippen LogP contribution in [-0.4, -0.2) is 73.6 Å². The summed E-state index contributed by atoms with van der Waals surface area (Å²) < 4.78 is 15.9. The zero-order valence-corrected chi connectivity index (χ0v) is 21.1. The second-order valence-corrected chi connectivity index (χ2v) is 8.63. The number of fused-ring (bicyclic) bond motifs is 1. The number of benzene rings is 2. The average molecular weight is 534 g/mol. The van der Waals surface area contributed by atoms with Crippen molar-refractivity contribution in [3.63, 3.8) is 0 Å². The molecule has 0 saturated carbocycles. The summed E-state index contributed by atoms with van der Waals surface area (Å²) in [5.74, 6) is 3.38. The van der Waals surface area contributed by atoms with Gasteiger partial charge in [0, 0.05) is 18.5 Å². The van der Waals surface area contributed by atoms with Crippen molar-refractivity contribution in [1.82, 2.24) is 15.5 Å². The fourth-order valence-electron chi connectivity index (χ4n) is 4.09. The van der Waals surface area contributed by atoms with Gasteiger partial charge in [-0.3, -0.25) is 29.4 Å². The van der Waals surface area contributed by atoms with E-state index in [1.165, 1.54) is 6.07 Å². The Morgan fingerprint density at radius 1 is 0.974 bits per heavy atom. The zero-order chi connectivity index (χ0) is 27.6. The van der Waals surface area contributed by atoms with Gasteiger partial charge in [0.25, 0.3) is 11.8 Å². The summed E-state index contributed by atoms with van der Waals surface area (Å²) in [6.07, 6.45) is -0.390. The molecule has 1 atom stereocenters. The van der Waals surface area contributed by atoms with Gasteiger partial charge in [-0.2, -0.15) is 0 Å². The molecule has 2 N–H and O–H groups in total. The molecule has 1 saturated heterocycles. The highest BCUT2D eigenvalue weighted by Gasteiger charge is 2.45. The number of carbonyl (C=O) groups is 5. The van der Waals surface area contributed by atoms with Gasteiger partial charge in [-0.15, -0.1) is 0 Å². The van der Waals surface area contributed by atoms with Crippen molar-refractivity contribution in [1.29, 1.82) is 0 Å². The number of ether oxygens (including phenoxy) is 3. The Balaban J connectivity index is 1.15. The van der Waals surface area contributed by atoms with E-state index in [0.29, 0.717) is 5.56 Å². The van der Waals surface area contributed by atoms with Crippen LogP contribution in [0.25, 0.3) is 0 Å². The monoisotopic (exact) mass is 533 g/mol. The number of rotatable bonds is 10. The molecule has 0 bridgehead atoms. The second-order valence-electron chi connectivity index (χ2n) is 8.63. The second kappa shape index (κ2) is 13.3. The molecule has 0 radical (unpaired) electrons. The number of imide groups is 2. The summed E-state index contributed by atoms with van der Waals surface area (Å²) in [6, 6.07) is 13.1. The third-order valence-corrected chi connectivity index (χ3v) is 5.97. The Morgan fingerprint density at radius 2 is 1.77 bits per heavy atom. The lowest BCUT2D eigenvalue weighted by molar-refractivity contribution is -0.136. The number of carbonyl (C=O) groups excluding carboxylic acids is 5. The fourth-order valence-corrected chi connectivity index (χ4v) is 4.09. The third kappa shape index (κ3) is 7.07. The van der Waals surface area contributed by atoms with Gasteiger partial charge < -0.3 is 19.5 Å². The number of nitrogens with one attached hydrogen (secondary N) is 2. The van der Waals surface area contributed by atoms with Gasteiger partial charge in [0.05, 0.1) is 30.9 Å². The highest BCUT2D eigenvalue weighted by atomic mass is 16.5. The van der Waals surface area contributed by atoms with Crippen molar-refractivity contribution in [3.05, 3.63) is 70.8 Å². The minimum absolute atomic E-state index is 0.0509. The number of amides is 5. The van der Waals surface area contributed by atoms with E-state index in [1.54, 1.807) is 12.1 Å². The van der Waals surface area contributed by atoms with Crippen molar-refractivity contribution in [3.8, 4) is 11.8 Å². The molecule has 39 heavy (non-hydrogen) atoms. The summed E-state index contributed by atoms with van der Waals surface area (Å²) in [5, 5.41) is 4.77. The van der Waals surface area contributed by atoms with Crippen LogP contribution in [0.5, 0.6) is 0 Å². The van der Waals surface area contributed by atoms with Gasteiger partial charge in [-0.05, 0) is 24.1 Å².